The summed E-state index contributed by atoms with van der Waals surface area (Å²) in [5.74, 6) is 3.14. The zero-order valence-electron chi connectivity index (χ0n) is 31.4. The van der Waals surface area contributed by atoms with Crippen LogP contribution in [0, 0.1) is 62.6 Å². The molecular formula is C45H60O4. The van der Waals surface area contributed by atoms with Crippen LogP contribution in [0.15, 0.2) is 60.7 Å². The van der Waals surface area contributed by atoms with E-state index in [9.17, 15) is 9.59 Å². The number of rotatable bonds is 6. The van der Waals surface area contributed by atoms with Crippen LogP contribution in [-0.2, 0) is 20.9 Å². The minimum absolute atomic E-state index is 0.0251. The molecule has 0 aliphatic heterocycles. The summed E-state index contributed by atoms with van der Waals surface area (Å²) in [6, 6.07) is 18.3. The van der Waals surface area contributed by atoms with Crippen LogP contribution in [0.25, 0.3) is 5.57 Å². The maximum absolute atomic E-state index is 14.4. The standard InChI is InChI=1S/C45H60O4/c1-29(2)33-20-25-45(40(47)49-28-30-12-10-9-11-13-30)27-26-43(6)35(38(33)45)18-19-37-42(5)23-21-34(31-14-16-32(17-15-31)39(46)48-8)41(3,4)36(42)22-24-44(37,43)7/h9-17,21,29,33,35-38H,18-20,22-28H2,1-8H3/t33-,35+,36-,37+,38+,42-,43+,44+,45-/m0/s1. The SMILES string of the molecule is COC(=O)c1ccc(C2=CC[C@]3(C)[C@H]4CC[C@@H]5[C@H]6[C@H](C(C)C)CC[C@]6(C(=O)OCc6ccccc6)CC[C@@]5(C)[C@]4(C)CC[C@H]3C2(C)C)cc1. The van der Waals surface area contributed by atoms with E-state index in [0.29, 0.717) is 47.7 Å². The lowest BCUT2D eigenvalue weighted by Gasteiger charge is -2.72. The lowest BCUT2D eigenvalue weighted by atomic mass is 9.32. The lowest BCUT2D eigenvalue weighted by molar-refractivity contribution is -0.231. The van der Waals surface area contributed by atoms with Crippen LogP contribution in [0.3, 0.4) is 0 Å². The first-order chi connectivity index (χ1) is 23.2. The van der Waals surface area contributed by atoms with Gasteiger partial charge >= 0.3 is 11.9 Å². The van der Waals surface area contributed by atoms with Gasteiger partial charge in [0.2, 0.25) is 0 Å². The number of hydrogen-bond acceptors (Lipinski definition) is 4. The Kier molecular flexibility index (Phi) is 8.55. The van der Waals surface area contributed by atoms with Gasteiger partial charge in [-0.15, -0.1) is 0 Å². The van der Waals surface area contributed by atoms with Crippen molar-refractivity contribution in [1.82, 2.24) is 0 Å². The molecular weight excluding hydrogens is 604 g/mol. The number of methoxy groups -OCH3 is 1. The number of carbonyl (C=O) groups is 2. The fraction of sp³-hybridized carbons (Fsp3) is 0.644. The van der Waals surface area contributed by atoms with Gasteiger partial charge in [0.15, 0.2) is 0 Å². The summed E-state index contributed by atoms with van der Waals surface area (Å²) >= 11 is 0. The van der Waals surface area contributed by atoms with Gasteiger partial charge < -0.3 is 9.47 Å². The number of carbonyl (C=O) groups excluding carboxylic acids is 2. The Morgan fingerprint density at radius 1 is 0.796 bits per heavy atom. The number of fused-ring (bicyclic) bond motifs is 7. The molecule has 4 heteroatoms. The molecule has 0 unspecified atom stereocenters. The Labute approximate surface area is 295 Å². The summed E-state index contributed by atoms with van der Waals surface area (Å²) in [7, 11) is 1.44. The molecule has 2 aromatic carbocycles. The normalized spacial score (nSPS) is 39.1. The van der Waals surface area contributed by atoms with Crippen LogP contribution in [-0.4, -0.2) is 19.0 Å². The summed E-state index contributed by atoms with van der Waals surface area (Å²) in [5, 5.41) is 0. The van der Waals surface area contributed by atoms with Crippen molar-refractivity contribution in [1.29, 1.82) is 0 Å². The zero-order valence-corrected chi connectivity index (χ0v) is 31.4. The molecule has 0 aromatic heterocycles. The van der Waals surface area contributed by atoms with Gasteiger partial charge in [-0.2, -0.15) is 0 Å². The van der Waals surface area contributed by atoms with E-state index >= 15 is 0 Å². The third kappa shape index (κ3) is 5.03. The molecule has 0 amide bonds. The second-order valence-corrected chi connectivity index (χ2v) is 18.5. The van der Waals surface area contributed by atoms with Crippen molar-refractivity contribution in [3.8, 4) is 0 Å². The number of esters is 2. The van der Waals surface area contributed by atoms with E-state index in [4.69, 9.17) is 9.47 Å². The van der Waals surface area contributed by atoms with E-state index in [-0.39, 0.29) is 39.0 Å². The van der Waals surface area contributed by atoms with E-state index in [1.165, 1.54) is 43.9 Å². The van der Waals surface area contributed by atoms with Crippen molar-refractivity contribution in [3.05, 3.63) is 77.4 Å². The molecule has 0 N–H and O–H groups in total. The number of ether oxygens (including phenoxy) is 2. The summed E-state index contributed by atoms with van der Waals surface area (Å²) in [6.07, 6.45) is 12.9. The van der Waals surface area contributed by atoms with Crippen molar-refractivity contribution >= 4 is 17.5 Å². The molecule has 5 aliphatic carbocycles. The second-order valence-electron chi connectivity index (χ2n) is 18.5. The predicted octanol–water partition coefficient (Wildman–Crippen LogP) is 10.9. The van der Waals surface area contributed by atoms with Gasteiger partial charge in [-0.05, 0) is 144 Å². The molecule has 0 saturated heterocycles. The molecule has 49 heavy (non-hydrogen) atoms. The molecule has 4 fully saturated rings. The Bertz CT molecular complexity index is 1600. The zero-order chi connectivity index (χ0) is 35.0. The first kappa shape index (κ1) is 34.6. The highest BCUT2D eigenvalue weighted by molar-refractivity contribution is 5.90. The van der Waals surface area contributed by atoms with Crippen molar-refractivity contribution < 1.29 is 19.1 Å². The van der Waals surface area contributed by atoms with Gasteiger partial charge in [0.05, 0.1) is 18.1 Å². The van der Waals surface area contributed by atoms with Gasteiger partial charge in [0, 0.05) is 0 Å². The molecule has 264 valence electrons. The van der Waals surface area contributed by atoms with Crippen molar-refractivity contribution in [2.24, 2.45) is 62.6 Å². The number of benzene rings is 2. The number of hydrogen-bond donors (Lipinski definition) is 0. The van der Waals surface area contributed by atoms with Crippen LogP contribution in [0.1, 0.15) is 128 Å². The third-order valence-corrected chi connectivity index (χ3v) is 16.2. The smallest absolute Gasteiger partial charge is 0.337 e. The highest BCUT2D eigenvalue weighted by Gasteiger charge is 2.72. The Morgan fingerprint density at radius 3 is 2.18 bits per heavy atom. The number of allylic oxidation sites excluding steroid dienone is 2. The molecule has 2 aromatic rings. The van der Waals surface area contributed by atoms with Crippen LogP contribution >= 0.6 is 0 Å². The minimum Gasteiger partial charge on any atom is -0.465 e. The summed E-state index contributed by atoms with van der Waals surface area (Å²) in [4.78, 5) is 26.5. The molecule has 4 saturated carbocycles. The highest BCUT2D eigenvalue weighted by Crippen LogP contribution is 2.78. The van der Waals surface area contributed by atoms with E-state index < -0.39 is 0 Å². The third-order valence-electron chi connectivity index (χ3n) is 16.2. The molecule has 4 nitrogen and oxygen atoms in total. The van der Waals surface area contributed by atoms with Gasteiger partial charge in [0.25, 0.3) is 0 Å². The summed E-state index contributed by atoms with van der Waals surface area (Å²) in [6.45, 7) is 18.1. The minimum atomic E-state index is -0.341. The average Bonchev–Trinajstić information content (AvgIpc) is 3.49. The molecule has 0 spiro atoms. The Morgan fingerprint density at radius 2 is 1.51 bits per heavy atom. The summed E-state index contributed by atoms with van der Waals surface area (Å²) < 4.78 is 11.2. The quantitative estimate of drug-likeness (QED) is 0.288. The van der Waals surface area contributed by atoms with Gasteiger partial charge in [-0.3, -0.25) is 4.79 Å². The maximum atomic E-state index is 14.4. The monoisotopic (exact) mass is 664 g/mol. The Hall–Kier alpha value is -2.88. The van der Waals surface area contributed by atoms with Crippen molar-refractivity contribution in [2.75, 3.05) is 7.11 Å². The van der Waals surface area contributed by atoms with Crippen LogP contribution in [0.2, 0.25) is 0 Å². The molecule has 0 bridgehead atoms. The predicted molar refractivity (Wildman–Crippen MR) is 196 cm³/mol. The van der Waals surface area contributed by atoms with Crippen LogP contribution in [0.5, 0.6) is 0 Å². The Balaban J connectivity index is 1.19. The fourth-order valence-corrected chi connectivity index (χ4v) is 13.6. The average molecular weight is 665 g/mol. The van der Waals surface area contributed by atoms with Gasteiger partial charge in [-0.25, -0.2) is 4.79 Å². The van der Waals surface area contributed by atoms with E-state index in [0.717, 1.165) is 37.7 Å². The first-order valence-corrected chi connectivity index (χ1v) is 19.3. The van der Waals surface area contributed by atoms with Crippen LogP contribution < -0.4 is 0 Å². The largest absolute Gasteiger partial charge is 0.465 e. The molecule has 5 aliphatic rings. The topological polar surface area (TPSA) is 52.6 Å². The summed E-state index contributed by atoms with van der Waals surface area (Å²) in [5.41, 5.74) is 4.67. The van der Waals surface area contributed by atoms with Gasteiger partial charge in [0.1, 0.15) is 6.61 Å². The highest BCUT2D eigenvalue weighted by atomic mass is 16.5. The maximum Gasteiger partial charge on any atom is 0.337 e. The molecule has 7 rings (SSSR count). The van der Waals surface area contributed by atoms with E-state index in [2.05, 4.69) is 78.8 Å². The second kappa shape index (κ2) is 12.1. The van der Waals surface area contributed by atoms with Gasteiger partial charge in [-0.1, -0.05) is 97.0 Å². The van der Waals surface area contributed by atoms with Crippen molar-refractivity contribution in [2.45, 2.75) is 113 Å². The van der Waals surface area contributed by atoms with Crippen molar-refractivity contribution in [3.63, 3.8) is 0 Å². The van der Waals surface area contributed by atoms with E-state index in [1.54, 1.807) is 0 Å². The van der Waals surface area contributed by atoms with Crippen LogP contribution in [0.4, 0.5) is 0 Å². The molecule has 9 atom stereocenters. The lowest BCUT2D eigenvalue weighted by Crippen LogP contribution is -2.66. The molecule has 0 radical (unpaired) electrons. The molecule has 0 heterocycles. The fourth-order valence-electron chi connectivity index (χ4n) is 13.6. The first-order valence-electron chi connectivity index (χ1n) is 19.3. The van der Waals surface area contributed by atoms with E-state index in [1.807, 2.05) is 30.3 Å².